The molecule has 0 aliphatic carbocycles. The van der Waals surface area contributed by atoms with E-state index in [1.165, 1.54) is 12.1 Å². The standard InChI is InChI=1S/C10H11FO2/c1-2-7-3-5-8(6-4-7)9(11)10(12)13/h3-6,9H,2H2,1H3,(H,12,13). The maximum Gasteiger partial charge on any atom is 0.343 e. The first-order chi connectivity index (χ1) is 6.15. The summed E-state index contributed by atoms with van der Waals surface area (Å²) in [6.45, 7) is 1.99. The van der Waals surface area contributed by atoms with Gasteiger partial charge >= 0.3 is 5.97 Å². The van der Waals surface area contributed by atoms with Gasteiger partial charge in [-0.2, -0.15) is 0 Å². The molecule has 1 atom stereocenters. The number of alkyl halides is 1. The van der Waals surface area contributed by atoms with E-state index >= 15 is 0 Å². The Morgan fingerprint density at radius 3 is 2.38 bits per heavy atom. The van der Waals surface area contributed by atoms with Crippen molar-refractivity contribution in [3.05, 3.63) is 35.4 Å². The van der Waals surface area contributed by atoms with Gasteiger partial charge in [0.05, 0.1) is 0 Å². The molecule has 0 heterocycles. The lowest BCUT2D eigenvalue weighted by molar-refractivity contribution is -0.143. The largest absolute Gasteiger partial charge is 0.479 e. The van der Waals surface area contributed by atoms with Crippen molar-refractivity contribution >= 4 is 5.97 Å². The lowest BCUT2D eigenvalue weighted by Gasteiger charge is -2.03. The Bertz CT molecular complexity index is 292. The molecule has 1 rings (SSSR count). The first-order valence-electron chi connectivity index (χ1n) is 4.11. The fourth-order valence-electron chi connectivity index (χ4n) is 1.06. The summed E-state index contributed by atoms with van der Waals surface area (Å²) in [6.07, 6.45) is -1.05. The van der Waals surface area contributed by atoms with Crippen LogP contribution in [-0.4, -0.2) is 11.1 Å². The highest BCUT2D eigenvalue weighted by Gasteiger charge is 2.17. The van der Waals surface area contributed by atoms with E-state index in [1.54, 1.807) is 12.1 Å². The lowest BCUT2D eigenvalue weighted by Crippen LogP contribution is -2.05. The summed E-state index contributed by atoms with van der Waals surface area (Å²) in [5.41, 5.74) is 1.27. The maximum absolute atomic E-state index is 12.9. The molecule has 0 amide bonds. The van der Waals surface area contributed by atoms with Gasteiger partial charge in [-0.15, -0.1) is 0 Å². The van der Waals surface area contributed by atoms with Crippen molar-refractivity contribution < 1.29 is 14.3 Å². The molecule has 0 saturated carbocycles. The Morgan fingerprint density at radius 1 is 1.46 bits per heavy atom. The molecule has 0 aliphatic heterocycles. The van der Waals surface area contributed by atoms with Gasteiger partial charge in [-0.3, -0.25) is 0 Å². The summed E-state index contributed by atoms with van der Waals surface area (Å²) in [7, 11) is 0. The summed E-state index contributed by atoms with van der Waals surface area (Å²) < 4.78 is 12.9. The average molecular weight is 182 g/mol. The maximum atomic E-state index is 12.9. The van der Waals surface area contributed by atoms with E-state index in [0.29, 0.717) is 0 Å². The van der Waals surface area contributed by atoms with E-state index in [1.807, 2.05) is 6.92 Å². The number of aryl methyl sites for hydroxylation is 1. The summed E-state index contributed by atoms with van der Waals surface area (Å²) in [4.78, 5) is 10.3. The molecule has 1 unspecified atom stereocenters. The Hall–Kier alpha value is -1.38. The molecule has 0 aromatic heterocycles. The topological polar surface area (TPSA) is 37.3 Å². The Morgan fingerprint density at radius 2 is 2.00 bits per heavy atom. The molecular weight excluding hydrogens is 171 g/mol. The van der Waals surface area contributed by atoms with Crippen LogP contribution in [0.5, 0.6) is 0 Å². The molecule has 1 aromatic rings. The zero-order chi connectivity index (χ0) is 9.84. The van der Waals surface area contributed by atoms with Gasteiger partial charge in [0.15, 0.2) is 0 Å². The zero-order valence-electron chi connectivity index (χ0n) is 7.33. The highest BCUT2D eigenvalue weighted by molar-refractivity contribution is 5.74. The van der Waals surface area contributed by atoms with Crippen LogP contribution in [0.25, 0.3) is 0 Å². The number of carboxylic acid groups (broad SMARTS) is 1. The second kappa shape index (κ2) is 4.03. The predicted molar refractivity (Wildman–Crippen MR) is 47.3 cm³/mol. The third-order valence-electron chi connectivity index (χ3n) is 1.90. The highest BCUT2D eigenvalue weighted by atomic mass is 19.1. The molecular formula is C10H11FO2. The normalized spacial score (nSPS) is 12.5. The summed E-state index contributed by atoms with van der Waals surface area (Å²) >= 11 is 0. The molecule has 1 aromatic carbocycles. The summed E-state index contributed by atoms with van der Waals surface area (Å²) in [6, 6.07) is 6.50. The minimum Gasteiger partial charge on any atom is -0.479 e. The van der Waals surface area contributed by atoms with Crippen LogP contribution < -0.4 is 0 Å². The Kier molecular flexibility index (Phi) is 3.01. The molecule has 0 saturated heterocycles. The second-order valence-corrected chi connectivity index (χ2v) is 2.80. The number of benzene rings is 1. The molecule has 13 heavy (non-hydrogen) atoms. The van der Waals surface area contributed by atoms with Crippen LogP contribution in [0.3, 0.4) is 0 Å². The quantitative estimate of drug-likeness (QED) is 0.779. The Balaban J connectivity index is 2.85. The van der Waals surface area contributed by atoms with Crippen molar-refractivity contribution in [2.75, 3.05) is 0 Å². The smallest absolute Gasteiger partial charge is 0.343 e. The van der Waals surface area contributed by atoms with Crippen LogP contribution >= 0.6 is 0 Å². The van der Waals surface area contributed by atoms with E-state index in [0.717, 1.165) is 12.0 Å². The summed E-state index contributed by atoms with van der Waals surface area (Å²) in [5.74, 6) is -1.44. The summed E-state index contributed by atoms with van der Waals surface area (Å²) in [5, 5.41) is 8.39. The fraction of sp³-hybridized carbons (Fsp3) is 0.300. The Labute approximate surface area is 76.0 Å². The number of carboxylic acids is 1. The number of hydrogen-bond donors (Lipinski definition) is 1. The third-order valence-corrected chi connectivity index (χ3v) is 1.90. The first-order valence-corrected chi connectivity index (χ1v) is 4.11. The zero-order valence-corrected chi connectivity index (χ0v) is 7.33. The van der Waals surface area contributed by atoms with E-state index in [-0.39, 0.29) is 5.56 Å². The van der Waals surface area contributed by atoms with Gasteiger partial charge in [-0.05, 0) is 17.5 Å². The SMILES string of the molecule is CCc1ccc(C(F)C(=O)O)cc1. The van der Waals surface area contributed by atoms with Crippen LogP contribution in [-0.2, 0) is 11.2 Å². The van der Waals surface area contributed by atoms with Gasteiger partial charge < -0.3 is 5.11 Å². The molecule has 0 fully saturated rings. The number of rotatable bonds is 3. The minimum atomic E-state index is -1.91. The van der Waals surface area contributed by atoms with E-state index in [9.17, 15) is 9.18 Å². The van der Waals surface area contributed by atoms with Gasteiger partial charge in [-0.25, -0.2) is 9.18 Å². The predicted octanol–water partition coefficient (Wildman–Crippen LogP) is 2.34. The molecule has 70 valence electrons. The number of halogens is 1. The third kappa shape index (κ3) is 2.28. The van der Waals surface area contributed by atoms with Crippen molar-refractivity contribution in [3.63, 3.8) is 0 Å². The van der Waals surface area contributed by atoms with Gasteiger partial charge in [0.1, 0.15) is 0 Å². The first kappa shape index (κ1) is 9.71. The van der Waals surface area contributed by atoms with Crippen LogP contribution in [0, 0.1) is 0 Å². The van der Waals surface area contributed by atoms with Crippen LogP contribution in [0.4, 0.5) is 4.39 Å². The van der Waals surface area contributed by atoms with E-state index in [4.69, 9.17) is 5.11 Å². The monoisotopic (exact) mass is 182 g/mol. The van der Waals surface area contributed by atoms with Gasteiger partial charge in [0, 0.05) is 0 Å². The second-order valence-electron chi connectivity index (χ2n) is 2.80. The van der Waals surface area contributed by atoms with Crippen molar-refractivity contribution in [2.24, 2.45) is 0 Å². The minimum absolute atomic E-state index is 0.199. The van der Waals surface area contributed by atoms with E-state index < -0.39 is 12.1 Å². The molecule has 2 nitrogen and oxygen atoms in total. The molecule has 3 heteroatoms. The number of hydrogen-bond acceptors (Lipinski definition) is 1. The lowest BCUT2D eigenvalue weighted by atomic mass is 10.1. The number of carbonyl (C=O) groups is 1. The van der Waals surface area contributed by atoms with Crippen molar-refractivity contribution in [2.45, 2.75) is 19.5 Å². The van der Waals surface area contributed by atoms with Crippen LogP contribution in [0.1, 0.15) is 24.2 Å². The molecule has 0 radical (unpaired) electrons. The highest BCUT2D eigenvalue weighted by Crippen LogP contribution is 2.17. The van der Waals surface area contributed by atoms with Crippen LogP contribution in [0.15, 0.2) is 24.3 Å². The molecule has 0 spiro atoms. The average Bonchev–Trinajstić information content (AvgIpc) is 2.17. The van der Waals surface area contributed by atoms with Crippen molar-refractivity contribution in [1.82, 2.24) is 0 Å². The van der Waals surface area contributed by atoms with Crippen molar-refractivity contribution in [1.29, 1.82) is 0 Å². The molecule has 0 bridgehead atoms. The molecule has 0 aliphatic rings. The van der Waals surface area contributed by atoms with Gasteiger partial charge in [0.25, 0.3) is 0 Å². The van der Waals surface area contributed by atoms with E-state index in [2.05, 4.69) is 0 Å². The van der Waals surface area contributed by atoms with Crippen molar-refractivity contribution in [3.8, 4) is 0 Å². The fourth-order valence-corrected chi connectivity index (χ4v) is 1.06. The van der Waals surface area contributed by atoms with Gasteiger partial charge in [-0.1, -0.05) is 31.2 Å². The van der Waals surface area contributed by atoms with Gasteiger partial charge in [0.2, 0.25) is 6.17 Å². The molecule has 1 N–H and O–H groups in total. The van der Waals surface area contributed by atoms with Crippen LogP contribution in [0.2, 0.25) is 0 Å². The number of aliphatic carboxylic acids is 1.